The van der Waals surface area contributed by atoms with E-state index in [1.807, 2.05) is 0 Å². The van der Waals surface area contributed by atoms with Crippen LogP contribution in [0.4, 0.5) is 0 Å². The lowest BCUT2D eigenvalue weighted by Crippen LogP contribution is -2.42. The maximum atomic E-state index is 12.8. The first-order valence-corrected chi connectivity index (χ1v) is 9.59. The summed E-state index contributed by atoms with van der Waals surface area (Å²) in [6, 6.07) is 0.191. The molecular formula is C15H19Br2NO2. The Morgan fingerprint density at radius 3 is 1.85 bits per heavy atom. The minimum Gasteiger partial charge on any atom is -0.279 e. The minimum absolute atomic E-state index is 0.0346. The molecular weight excluding hydrogens is 386 g/mol. The Balaban J connectivity index is 1.63. The molecule has 2 amide bonds. The average molecular weight is 405 g/mol. The first-order chi connectivity index (χ1) is 9.61. The van der Waals surface area contributed by atoms with E-state index in [9.17, 15) is 9.59 Å². The van der Waals surface area contributed by atoms with Crippen LogP contribution >= 0.6 is 31.9 Å². The summed E-state index contributed by atoms with van der Waals surface area (Å²) in [5.74, 6) is 0.908. The second-order valence-electron chi connectivity index (χ2n) is 6.84. The van der Waals surface area contributed by atoms with Crippen LogP contribution in [0, 0.1) is 23.7 Å². The summed E-state index contributed by atoms with van der Waals surface area (Å²) in [5.41, 5.74) is 0. The van der Waals surface area contributed by atoms with Crippen molar-refractivity contribution in [3.8, 4) is 0 Å². The molecule has 3 saturated carbocycles. The predicted octanol–water partition coefficient (Wildman–Crippen LogP) is 3.10. The summed E-state index contributed by atoms with van der Waals surface area (Å²) in [4.78, 5) is 28.0. The third kappa shape index (κ3) is 1.68. The molecule has 2 bridgehead atoms. The van der Waals surface area contributed by atoms with Crippen molar-refractivity contribution in [2.24, 2.45) is 23.7 Å². The molecule has 5 heteroatoms. The van der Waals surface area contributed by atoms with Gasteiger partial charge in [0.15, 0.2) is 0 Å². The van der Waals surface area contributed by atoms with Gasteiger partial charge in [0, 0.05) is 15.7 Å². The van der Waals surface area contributed by atoms with Crippen molar-refractivity contribution < 1.29 is 9.59 Å². The van der Waals surface area contributed by atoms with Crippen LogP contribution in [-0.2, 0) is 9.59 Å². The van der Waals surface area contributed by atoms with Crippen LogP contribution in [0.3, 0.4) is 0 Å². The van der Waals surface area contributed by atoms with Gasteiger partial charge in [0.05, 0.1) is 11.8 Å². The fourth-order valence-electron chi connectivity index (χ4n) is 5.07. The van der Waals surface area contributed by atoms with Crippen molar-refractivity contribution >= 4 is 43.7 Å². The number of likely N-dealkylation sites (tertiary alicyclic amines) is 1. The Morgan fingerprint density at radius 1 is 0.850 bits per heavy atom. The van der Waals surface area contributed by atoms with Crippen molar-refractivity contribution in [2.75, 3.05) is 0 Å². The molecule has 4 aliphatic rings. The monoisotopic (exact) mass is 403 g/mol. The molecule has 20 heavy (non-hydrogen) atoms. The summed E-state index contributed by atoms with van der Waals surface area (Å²) < 4.78 is 0. The standard InChI is InChI=1S/C15H19Br2NO2/c16-12-8-6-9(13(12)17)11-10(8)14(19)18(15(11)20)7-4-2-1-3-5-7/h7-13H,1-6H2/t8-,9+,10-,11-,12+,13+/m0/s1. The van der Waals surface area contributed by atoms with Gasteiger partial charge in [-0.1, -0.05) is 51.1 Å². The van der Waals surface area contributed by atoms with Crippen LogP contribution in [0.5, 0.6) is 0 Å². The number of imide groups is 1. The highest BCUT2D eigenvalue weighted by Crippen LogP contribution is 2.60. The van der Waals surface area contributed by atoms with Crippen LogP contribution in [0.1, 0.15) is 38.5 Å². The predicted molar refractivity (Wildman–Crippen MR) is 82.7 cm³/mol. The van der Waals surface area contributed by atoms with Gasteiger partial charge < -0.3 is 0 Å². The van der Waals surface area contributed by atoms with Gasteiger partial charge in [-0.05, 0) is 31.1 Å². The van der Waals surface area contributed by atoms with E-state index < -0.39 is 0 Å². The molecule has 0 spiro atoms. The minimum atomic E-state index is -0.0346. The average Bonchev–Trinajstić information content (AvgIpc) is 3.05. The van der Waals surface area contributed by atoms with Gasteiger partial charge in [-0.3, -0.25) is 14.5 Å². The van der Waals surface area contributed by atoms with E-state index >= 15 is 0 Å². The normalized spacial score (nSPS) is 48.2. The lowest BCUT2D eigenvalue weighted by atomic mass is 9.81. The van der Waals surface area contributed by atoms with Gasteiger partial charge in [-0.15, -0.1) is 0 Å². The molecule has 1 saturated heterocycles. The third-order valence-corrected chi connectivity index (χ3v) is 9.17. The van der Waals surface area contributed by atoms with Crippen LogP contribution in [0.25, 0.3) is 0 Å². The van der Waals surface area contributed by atoms with E-state index in [0.717, 1.165) is 32.1 Å². The zero-order valence-electron chi connectivity index (χ0n) is 11.3. The quantitative estimate of drug-likeness (QED) is 0.497. The first kappa shape index (κ1) is 13.7. The van der Waals surface area contributed by atoms with Crippen molar-refractivity contribution in [3.63, 3.8) is 0 Å². The van der Waals surface area contributed by atoms with Gasteiger partial charge in [0.1, 0.15) is 0 Å². The highest BCUT2D eigenvalue weighted by molar-refractivity contribution is 9.12. The summed E-state index contributed by atoms with van der Waals surface area (Å²) in [7, 11) is 0. The Bertz CT molecular complexity index is 431. The smallest absolute Gasteiger partial charge is 0.233 e. The summed E-state index contributed by atoms with van der Waals surface area (Å²) in [6.45, 7) is 0. The van der Waals surface area contributed by atoms with Crippen molar-refractivity contribution in [1.82, 2.24) is 4.90 Å². The van der Waals surface area contributed by atoms with Crippen LogP contribution in [0.2, 0.25) is 0 Å². The van der Waals surface area contributed by atoms with Gasteiger partial charge >= 0.3 is 0 Å². The molecule has 0 radical (unpaired) electrons. The number of halogens is 2. The number of hydrogen-bond donors (Lipinski definition) is 0. The van der Waals surface area contributed by atoms with E-state index in [4.69, 9.17) is 0 Å². The van der Waals surface area contributed by atoms with E-state index in [-0.39, 0.29) is 29.7 Å². The highest BCUT2D eigenvalue weighted by Gasteiger charge is 2.66. The highest BCUT2D eigenvalue weighted by atomic mass is 79.9. The molecule has 0 aromatic heterocycles. The number of nitrogens with zero attached hydrogens (tertiary/aromatic N) is 1. The van der Waals surface area contributed by atoms with E-state index in [1.165, 1.54) is 6.42 Å². The topological polar surface area (TPSA) is 37.4 Å². The maximum Gasteiger partial charge on any atom is 0.233 e. The molecule has 110 valence electrons. The lowest BCUT2D eigenvalue weighted by Gasteiger charge is -2.30. The molecule has 0 aromatic carbocycles. The molecule has 1 aliphatic heterocycles. The van der Waals surface area contributed by atoms with Crippen molar-refractivity contribution in [1.29, 1.82) is 0 Å². The largest absolute Gasteiger partial charge is 0.279 e. The van der Waals surface area contributed by atoms with E-state index in [0.29, 0.717) is 21.5 Å². The molecule has 3 aliphatic carbocycles. The third-order valence-electron chi connectivity index (χ3n) is 5.96. The summed E-state index contributed by atoms with van der Waals surface area (Å²) in [5, 5.41) is 0. The number of carbonyl (C=O) groups is 2. The molecule has 4 fully saturated rings. The lowest BCUT2D eigenvalue weighted by molar-refractivity contribution is -0.144. The molecule has 1 heterocycles. The van der Waals surface area contributed by atoms with E-state index in [1.54, 1.807) is 4.90 Å². The van der Waals surface area contributed by atoms with Crippen LogP contribution < -0.4 is 0 Å². The Labute approximate surface area is 136 Å². The van der Waals surface area contributed by atoms with Crippen molar-refractivity contribution in [3.05, 3.63) is 0 Å². The molecule has 4 rings (SSSR count). The Morgan fingerprint density at radius 2 is 1.35 bits per heavy atom. The fourth-order valence-corrected chi connectivity index (χ4v) is 6.94. The van der Waals surface area contributed by atoms with Crippen LogP contribution in [0.15, 0.2) is 0 Å². The SMILES string of the molecule is O=C1[C@H]2[C@@H]3C[C@@H]([C@@H](Br)[C@@H]3Br)[C@@H]2C(=O)N1C1CCCCC1. The Hall–Kier alpha value is 0.1000. The van der Waals surface area contributed by atoms with Gasteiger partial charge in [0.2, 0.25) is 11.8 Å². The second kappa shape index (κ2) is 4.80. The van der Waals surface area contributed by atoms with E-state index in [2.05, 4.69) is 31.9 Å². The number of alkyl halides is 2. The first-order valence-electron chi connectivity index (χ1n) is 7.76. The number of fused-ring (bicyclic) bond motifs is 5. The summed E-state index contributed by atoms with van der Waals surface area (Å²) in [6.07, 6.45) is 6.62. The van der Waals surface area contributed by atoms with Gasteiger partial charge in [-0.25, -0.2) is 0 Å². The van der Waals surface area contributed by atoms with Crippen molar-refractivity contribution in [2.45, 2.75) is 54.2 Å². The van der Waals surface area contributed by atoms with Crippen LogP contribution in [-0.4, -0.2) is 32.4 Å². The number of rotatable bonds is 1. The maximum absolute atomic E-state index is 12.8. The zero-order valence-corrected chi connectivity index (χ0v) is 14.5. The number of carbonyl (C=O) groups excluding carboxylic acids is 2. The second-order valence-corrected chi connectivity index (χ2v) is 8.96. The molecule has 0 aromatic rings. The number of hydrogen-bond acceptors (Lipinski definition) is 2. The number of amides is 2. The van der Waals surface area contributed by atoms with Gasteiger partial charge in [0.25, 0.3) is 0 Å². The summed E-state index contributed by atoms with van der Waals surface area (Å²) >= 11 is 7.46. The molecule has 0 N–H and O–H groups in total. The van der Waals surface area contributed by atoms with Gasteiger partial charge in [-0.2, -0.15) is 0 Å². The molecule has 0 unspecified atom stereocenters. The Kier molecular flexibility index (Phi) is 3.30. The zero-order chi connectivity index (χ0) is 14.0. The molecule has 3 nitrogen and oxygen atoms in total. The fraction of sp³-hybridized carbons (Fsp3) is 0.867. The molecule has 6 atom stereocenters.